The van der Waals surface area contributed by atoms with Crippen LogP contribution in [0.1, 0.15) is 21.5 Å². The maximum absolute atomic E-state index is 12.5. The number of rotatable bonds is 2. The smallest absolute Gasteiger partial charge is 0.336 e. The zero-order valence-electron chi connectivity index (χ0n) is 12.6. The molecule has 0 unspecified atom stereocenters. The van der Waals surface area contributed by atoms with Crippen LogP contribution in [0.2, 0.25) is 0 Å². The first-order valence-corrected chi connectivity index (χ1v) is 8.14. The van der Waals surface area contributed by atoms with Crippen molar-refractivity contribution in [2.24, 2.45) is 0 Å². The van der Waals surface area contributed by atoms with E-state index in [0.29, 0.717) is 16.8 Å². The molecule has 0 aliphatic rings. The van der Waals surface area contributed by atoms with E-state index in [-0.39, 0.29) is 11.5 Å². The average molecular weight is 419 g/mol. The lowest BCUT2D eigenvalue weighted by molar-refractivity contribution is 0.102. The number of benzene rings is 2. The number of nitrogens with one attached hydrogen (secondary N) is 1. The Bertz CT molecular complexity index is 976. The van der Waals surface area contributed by atoms with Gasteiger partial charge in [-0.2, -0.15) is 0 Å². The van der Waals surface area contributed by atoms with Gasteiger partial charge in [-0.15, -0.1) is 0 Å². The van der Waals surface area contributed by atoms with Crippen LogP contribution in [-0.2, 0) is 0 Å². The van der Waals surface area contributed by atoms with E-state index < -0.39 is 0 Å². The Labute approximate surface area is 146 Å². The summed E-state index contributed by atoms with van der Waals surface area (Å²) in [5.74, 6) is -0.160. The Morgan fingerprint density at radius 1 is 1.09 bits per heavy atom. The molecule has 1 N–H and O–H groups in total. The van der Waals surface area contributed by atoms with Gasteiger partial charge in [-0.25, -0.2) is 4.79 Å². The molecule has 23 heavy (non-hydrogen) atoms. The largest absolute Gasteiger partial charge is 0.423 e. The van der Waals surface area contributed by atoms with Crippen LogP contribution in [0.5, 0.6) is 0 Å². The zero-order chi connectivity index (χ0) is 16.6. The second-order valence-electron chi connectivity index (χ2n) is 5.35. The third-order valence-corrected chi connectivity index (χ3v) is 4.60. The number of carbonyl (C=O) groups excluding carboxylic acids is 1. The summed E-state index contributed by atoms with van der Waals surface area (Å²) in [5.41, 5.74) is 3.15. The molecular formula is C18H14INO3. The van der Waals surface area contributed by atoms with Gasteiger partial charge in [0, 0.05) is 20.7 Å². The van der Waals surface area contributed by atoms with E-state index in [1.807, 2.05) is 38.1 Å². The predicted molar refractivity (Wildman–Crippen MR) is 99.1 cm³/mol. The van der Waals surface area contributed by atoms with Gasteiger partial charge in [0.2, 0.25) is 0 Å². The fraction of sp³-hybridized carbons (Fsp3) is 0.111. The summed E-state index contributed by atoms with van der Waals surface area (Å²) in [6.07, 6.45) is 0. The minimum Gasteiger partial charge on any atom is -0.423 e. The molecule has 0 fully saturated rings. The van der Waals surface area contributed by atoms with Crippen LogP contribution in [0.3, 0.4) is 0 Å². The molecule has 0 radical (unpaired) electrons. The molecule has 116 valence electrons. The molecule has 5 heteroatoms. The summed E-state index contributed by atoms with van der Waals surface area (Å²) in [6.45, 7) is 3.72. The Morgan fingerprint density at radius 3 is 2.57 bits per heavy atom. The monoisotopic (exact) mass is 419 g/mol. The van der Waals surface area contributed by atoms with Crippen molar-refractivity contribution in [2.75, 3.05) is 5.32 Å². The maximum Gasteiger partial charge on any atom is 0.336 e. The number of anilines is 1. The molecule has 1 amide bonds. The summed E-state index contributed by atoms with van der Waals surface area (Å²) >= 11 is 2.14. The third-order valence-electron chi connectivity index (χ3n) is 3.66. The van der Waals surface area contributed by atoms with Crippen molar-refractivity contribution in [1.82, 2.24) is 0 Å². The molecule has 1 aromatic heterocycles. The minimum atomic E-state index is -0.370. The van der Waals surface area contributed by atoms with Gasteiger partial charge in [-0.3, -0.25) is 4.79 Å². The van der Waals surface area contributed by atoms with Crippen LogP contribution < -0.4 is 10.9 Å². The average Bonchev–Trinajstić information content (AvgIpc) is 2.49. The molecule has 0 aliphatic carbocycles. The molecule has 0 bridgehead atoms. The van der Waals surface area contributed by atoms with Crippen LogP contribution in [-0.4, -0.2) is 5.91 Å². The highest BCUT2D eigenvalue weighted by Gasteiger charge is 2.12. The van der Waals surface area contributed by atoms with Crippen LogP contribution >= 0.6 is 22.6 Å². The molecule has 3 rings (SSSR count). The highest BCUT2D eigenvalue weighted by molar-refractivity contribution is 14.1. The van der Waals surface area contributed by atoms with Crippen LogP contribution in [0.15, 0.2) is 51.7 Å². The van der Waals surface area contributed by atoms with Gasteiger partial charge in [0.1, 0.15) is 5.58 Å². The summed E-state index contributed by atoms with van der Waals surface area (Å²) in [7, 11) is 0. The van der Waals surface area contributed by atoms with Gasteiger partial charge in [0.25, 0.3) is 5.91 Å². The Hall–Kier alpha value is -2.15. The van der Waals surface area contributed by atoms with Gasteiger partial charge < -0.3 is 9.73 Å². The van der Waals surface area contributed by atoms with Crippen molar-refractivity contribution < 1.29 is 9.21 Å². The lowest BCUT2D eigenvalue weighted by atomic mass is 10.1. The van der Waals surface area contributed by atoms with Gasteiger partial charge in [-0.05, 0) is 71.8 Å². The van der Waals surface area contributed by atoms with Crippen molar-refractivity contribution in [3.63, 3.8) is 0 Å². The Morgan fingerprint density at radius 2 is 1.83 bits per heavy atom. The first kappa shape index (κ1) is 15.7. The molecule has 3 aromatic rings. The summed E-state index contributed by atoms with van der Waals surface area (Å²) in [6, 6.07) is 12.5. The lowest BCUT2D eigenvalue weighted by Crippen LogP contribution is -2.14. The van der Waals surface area contributed by atoms with Crippen molar-refractivity contribution in [3.05, 3.63) is 73.1 Å². The molecule has 2 aromatic carbocycles. The SMILES string of the molecule is Cc1cc2oc(=O)cc(C)c2cc1NC(=O)c1ccccc1I. The van der Waals surface area contributed by atoms with Crippen LogP contribution in [0.4, 0.5) is 5.69 Å². The Balaban J connectivity index is 2.04. The van der Waals surface area contributed by atoms with E-state index in [1.54, 1.807) is 12.1 Å². The second kappa shape index (κ2) is 6.16. The number of carbonyl (C=O) groups is 1. The van der Waals surface area contributed by atoms with Gasteiger partial charge >= 0.3 is 5.63 Å². The van der Waals surface area contributed by atoms with E-state index in [2.05, 4.69) is 27.9 Å². The molecule has 0 spiro atoms. The molecule has 4 nitrogen and oxygen atoms in total. The predicted octanol–water partition coefficient (Wildman–Crippen LogP) is 4.27. The number of aryl methyl sites for hydroxylation is 2. The van der Waals surface area contributed by atoms with Crippen molar-refractivity contribution in [1.29, 1.82) is 0 Å². The second-order valence-corrected chi connectivity index (χ2v) is 6.51. The normalized spacial score (nSPS) is 10.7. The van der Waals surface area contributed by atoms with E-state index in [9.17, 15) is 9.59 Å². The topological polar surface area (TPSA) is 59.3 Å². The molecule has 0 saturated heterocycles. The lowest BCUT2D eigenvalue weighted by Gasteiger charge is -2.11. The van der Waals surface area contributed by atoms with E-state index in [4.69, 9.17) is 4.42 Å². The van der Waals surface area contributed by atoms with E-state index in [0.717, 1.165) is 20.1 Å². The molecule has 0 aliphatic heterocycles. The van der Waals surface area contributed by atoms with Crippen LogP contribution in [0, 0.1) is 17.4 Å². The number of hydrogen-bond acceptors (Lipinski definition) is 3. The number of halogens is 1. The third kappa shape index (κ3) is 3.14. The first-order chi connectivity index (χ1) is 11.0. The van der Waals surface area contributed by atoms with Gasteiger partial charge in [0.05, 0.1) is 5.56 Å². The number of fused-ring (bicyclic) bond motifs is 1. The fourth-order valence-electron chi connectivity index (χ4n) is 2.44. The van der Waals surface area contributed by atoms with Crippen molar-refractivity contribution in [3.8, 4) is 0 Å². The van der Waals surface area contributed by atoms with Crippen LogP contribution in [0.25, 0.3) is 11.0 Å². The highest BCUT2D eigenvalue weighted by atomic mass is 127. The van der Waals surface area contributed by atoms with Gasteiger partial charge in [-0.1, -0.05) is 12.1 Å². The summed E-state index contributed by atoms with van der Waals surface area (Å²) in [4.78, 5) is 23.9. The standard InChI is InChI=1S/C18H14INO3/c1-10-8-17(21)23-16-7-11(2)15(9-13(10)16)20-18(22)12-5-3-4-6-14(12)19/h3-9H,1-2H3,(H,20,22). The number of hydrogen-bond donors (Lipinski definition) is 1. The van der Waals surface area contributed by atoms with E-state index in [1.165, 1.54) is 6.07 Å². The quantitative estimate of drug-likeness (QED) is 0.499. The minimum absolute atomic E-state index is 0.160. The van der Waals surface area contributed by atoms with Crippen molar-refractivity contribution >= 4 is 45.2 Å². The number of amides is 1. The van der Waals surface area contributed by atoms with Gasteiger partial charge in [0.15, 0.2) is 0 Å². The summed E-state index contributed by atoms with van der Waals surface area (Å²) in [5, 5.41) is 3.75. The highest BCUT2D eigenvalue weighted by Crippen LogP contribution is 2.25. The van der Waals surface area contributed by atoms with Crippen molar-refractivity contribution in [2.45, 2.75) is 13.8 Å². The zero-order valence-corrected chi connectivity index (χ0v) is 14.8. The maximum atomic E-state index is 12.5. The molecular weight excluding hydrogens is 405 g/mol. The van der Waals surface area contributed by atoms with E-state index >= 15 is 0 Å². The molecule has 0 saturated carbocycles. The molecule has 1 heterocycles. The first-order valence-electron chi connectivity index (χ1n) is 7.06. The summed E-state index contributed by atoms with van der Waals surface area (Å²) < 4.78 is 6.11. The molecule has 0 atom stereocenters. The Kier molecular flexibility index (Phi) is 4.21. The fourth-order valence-corrected chi connectivity index (χ4v) is 3.07.